The Labute approximate surface area is 119 Å². The van der Waals surface area contributed by atoms with Gasteiger partial charge in [-0.05, 0) is 19.8 Å². The van der Waals surface area contributed by atoms with Crippen LogP contribution in [0.5, 0.6) is 0 Å². The minimum absolute atomic E-state index is 0.0892. The molecule has 0 aliphatic carbocycles. The molecule has 1 atom stereocenters. The predicted molar refractivity (Wildman–Crippen MR) is 79.3 cm³/mol. The van der Waals surface area contributed by atoms with Crippen molar-refractivity contribution in [2.75, 3.05) is 22.2 Å². The highest BCUT2D eigenvalue weighted by molar-refractivity contribution is 7.91. The Balaban J connectivity index is 2.24. The second kappa shape index (κ2) is 5.92. The molecule has 0 bridgehead atoms. The summed E-state index contributed by atoms with van der Waals surface area (Å²) in [6.45, 7) is 3.91. The lowest BCUT2D eigenvalue weighted by Gasteiger charge is -2.16. The van der Waals surface area contributed by atoms with Gasteiger partial charge < -0.3 is 10.7 Å². The molecule has 0 aromatic carbocycles. The molecule has 1 aliphatic rings. The first kappa shape index (κ1) is 15.0. The number of nitrogens with zero attached hydrogens (tertiary/aromatic N) is 2. The van der Waals surface area contributed by atoms with Crippen molar-refractivity contribution in [3.05, 3.63) is 11.4 Å². The fraction of sp³-hybridized carbons (Fsp3) is 0.667. The maximum atomic E-state index is 11.5. The average Bonchev–Trinajstić information content (AvgIpc) is 2.73. The molecule has 2 heterocycles. The fourth-order valence-electron chi connectivity index (χ4n) is 2.28. The lowest BCUT2D eigenvalue weighted by molar-refractivity contribution is 0.602. The summed E-state index contributed by atoms with van der Waals surface area (Å²) in [5.41, 5.74) is 3.37. The van der Waals surface area contributed by atoms with Crippen molar-refractivity contribution in [1.29, 1.82) is 0 Å². The van der Waals surface area contributed by atoms with E-state index in [4.69, 9.17) is 5.84 Å². The minimum atomic E-state index is -2.91. The molecule has 0 spiro atoms. The quantitative estimate of drug-likeness (QED) is 0.540. The highest BCUT2D eigenvalue weighted by Crippen LogP contribution is 2.23. The van der Waals surface area contributed by atoms with Crippen LogP contribution in [0.25, 0.3) is 0 Å². The van der Waals surface area contributed by atoms with E-state index in [1.807, 2.05) is 6.92 Å². The molecule has 20 heavy (non-hydrogen) atoms. The van der Waals surface area contributed by atoms with Crippen LogP contribution in [-0.4, -0.2) is 35.9 Å². The molecule has 1 saturated heterocycles. The third kappa shape index (κ3) is 3.37. The molecule has 2 rings (SSSR count). The Bertz CT molecular complexity index is 588. The van der Waals surface area contributed by atoms with Crippen LogP contribution < -0.4 is 16.6 Å². The third-order valence-corrected chi connectivity index (χ3v) is 5.14. The summed E-state index contributed by atoms with van der Waals surface area (Å²) in [6, 6.07) is -0.0892. The van der Waals surface area contributed by atoms with E-state index in [-0.39, 0.29) is 17.5 Å². The van der Waals surface area contributed by atoms with Crippen LogP contribution in [0.15, 0.2) is 0 Å². The molecule has 1 aliphatic heterocycles. The van der Waals surface area contributed by atoms with Crippen molar-refractivity contribution in [3.63, 3.8) is 0 Å². The molecule has 4 N–H and O–H groups in total. The van der Waals surface area contributed by atoms with Crippen LogP contribution in [-0.2, 0) is 16.3 Å². The lowest BCUT2D eigenvalue weighted by atomic mass is 10.2. The van der Waals surface area contributed by atoms with Crippen LogP contribution in [0.2, 0.25) is 0 Å². The van der Waals surface area contributed by atoms with Crippen LogP contribution in [0.3, 0.4) is 0 Å². The van der Waals surface area contributed by atoms with Gasteiger partial charge in [0, 0.05) is 18.0 Å². The Morgan fingerprint density at radius 1 is 1.35 bits per heavy atom. The standard InChI is InChI=1S/C12H21N5O2S/c1-3-4-10-15-11(8(2)12(16-10)17-13)14-9-5-6-20(18,19)7-9/h9H,3-7,13H2,1-2H3,(H2,14,15,16,17). The first-order valence-electron chi connectivity index (χ1n) is 6.76. The van der Waals surface area contributed by atoms with Crippen molar-refractivity contribution in [1.82, 2.24) is 9.97 Å². The number of aromatic nitrogens is 2. The van der Waals surface area contributed by atoms with Crippen molar-refractivity contribution in [2.24, 2.45) is 5.84 Å². The summed E-state index contributed by atoms with van der Waals surface area (Å²) >= 11 is 0. The average molecular weight is 299 g/mol. The maximum absolute atomic E-state index is 11.5. The molecule has 1 unspecified atom stereocenters. The summed E-state index contributed by atoms with van der Waals surface area (Å²) in [5, 5.41) is 3.21. The van der Waals surface area contributed by atoms with Gasteiger partial charge in [0.2, 0.25) is 0 Å². The van der Waals surface area contributed by atoms with Crippen LogP contribution in [0, 0.1) is 6.92 Å². The first-order valence-corrected chi connectivity index (χ1v) is 8.58. The normalized spacial score (nSPS) is 20.9. The van der Waals surface area contributed by atoms with E-state index in [9.17, 15) is 8.42 Å². The van der Waals surface area contributed by atoms with Gasteiger partial charge in [-0.2, -0.15) is 0 Å². The Morgan fingerprint density at radius 3 is 2.60 bits per heavy atom. The van der Waals surface area contributed by atoms with Gasteiger partial charge >= 0.3 is 0 Å². The fourth-order valence-corrected chi connectivity index (χ4v) is 3.95. The van der Waals surface area contributed by atoms with E-state index in [2.05, 4.69) is 27.6 Å². The van der Waals surface area contributed by atoms with Crippen LogP contribution in [0.4, 0.5) is 11.6 Å². The molecule has 7 nitrogen and oxygen atoms in total. The van der Waals surface area contributed by atoms with Gasteiger partial charge in [0.1, 0.15) is 17.5 Å². The number of nitrogens with one attached hydrogen (secondary N) is 2. The number of nitrogen functional groups attached to an aromatic ring is 1. The number of rotatable bonds is 5. The molecular formula is C12H21N5O2S. The van der Waals surface area contributed by atoms with Crippen molar-refractivity contribution in [3.8, 4) is 0 Å². The predicted octanol–water partition coefficient (Wildman–Crippen LogP) is 0.622. The summed E-state index contributed by atoms with van der Waals surface area (Å²) < 4.78 is 23.0. The van der Waals surface area contributed by atoms with Gasteiger partial charge in [0.05, 0.1) is 11.5 Å². The minimum Gasteiger partial charge on any atom is -0.366 e. The molecular weight excluding hydrogens is 278 g/mol. The maximum Gasteiger partial charge on any atom is 0.152 e. The van der Waals surface area contributed by atoms with Crippen LogP contribution >= 0.6 is 0 Å². The van der Waals surface area contributed by atoms with Crippen molar-refractivity contribution >= 4 is 21.5 Å². The van der Waals surface area contributed by atoms with Gasteiger partial charge in [0.25, 0.3) is 0 Å². The van der Waals surface area contributed by atoms with E-state index in [0.717, 1.165) is 18.4 Å². The van der Waals surface area contributed by atoms with Crippen LogP contribution in [0.1, 0.15) is 31.2 Å². The number of hydrogen-bond acceptors (Lipinski definition) is 7. The zero-order chi connectivity index (χ0) is 14.8. The second-order valence-corrected chi connectivity index (χ2v) is 7.33. The number of hydrogen-bond donors (Lipinski definition) is 3. The monoisotopic (exact) mass is 299 g/mol. The summed E-state index contributed by atoms with van der Waals surface area (Å²) in [4.78, 5) is 8.81. The van der Waals surface area contributed by atoms with Crippen molar-refractivity contribution in [2.45, 2.75) is 39.2 Å². The lowest BCUT2D eigenvalue weighted by Crippen LogP contribution is -2.23. The largest absolute Gasteiger partial charge is 0.366 e. The van der Waals surface area contributed by atoms with Crippen molar-refractivity contribution < 1.29 is 8.42 Å². The van der Waals surface area contributed by atoms with E-state index in [1.54, 1.807) is 0 Å². The van der Waals surface area contributed by atoms with E-state index < -0.39 is 9.84 Å². The zero-order valence-corrected chi connectivity index (χ0v) is 12.6. The van der Waals surface area contributed by atoms with Gasteiger partial charge in [0.15, 0.2) is 9.84 Å². The molecule has 8 heteroatoms. The second-order valence-electron chi connectivity index (χ2n) is 5.10. The Kier molecular flexibility index (Phi) is 4.44. The van der Waals surface area contributed by atoms with Gasteiger partial charge in [-0.15, -0.1) is 0 Å². The molecule has 0 amide bonds. The first-order chi connectivity index (χ1) is 9.45. The number of sulfone groups is 1. The molecule has 112 valence electrons. The number of hydrazine groups is 1. The van der Waals surface area contributed by atoms with Gasteiger partial charge in [-0.25, -0.2) is 24.2 Å². The summed E-state index contributed by atoms with van der Waals surface area (Å²) in [6.07, 6.45) is 2.30. The van der Waals surface area contributed by atoms with Gasteiger partial charge in [-0.3, -0.25) is 0 Å². The molecule has 1 aromatic heterocycles. The van der Waals surface area contributed by atoms with E-state index >= 15 is 0 Å². The highest BCUT2D eigenvalue weighted by Gasteiger charge is 2.28. The summed E-state index contributed by atoms with van der Waals surface area (Å²) in [5.74, 6) is 7.81. The summed E-state index contributed by atoms with van der Waals surface area (Å²) in [7, 11) is -2.91. The van der Waals surface area contributed by atoms with E-state index in [1.165, 1.54) is 0 Å². The zero-order valence-electron chi connectivity index (χ0n) is 11.8. The molecule has 0 saturated carbocycles. The molecule has 0 radical (unpaired) electrons. The Morgan fingerprint density at radius 2 is 2.05 bits per heavy atom. The molecule has 1 fully saturated rings. The third-order valence-electron chi connectivity index (χ3n) is 3.38. The number of aryl methyl sites for hydroxylation is 1. The number of nitrogens with two attached hydrogens (primary N) is 1. The Hall–Kier alpha value is -1.41. The SMILES string of the molecule is CCCc1nc(NN)c(C)c(NC2CCS(=O)(=O)C2)n1. The molecule has 1 aromatic rings. The van der Waals surface area contributed by atoms with E-state index in [0.29, 0.717) is 23.9 Å². The smallest absolute Gasteiger partial charge is 0.152 e. The number of anilines is 2. The highest BCUT2D eigenvalue weighted by atomic mass is 32.2. The van der Waals surface area contributed by atoms with Gasteiger partial charge in [-0.1, -0.05) is 6.92 Å². The topological polar surface area (TPSA) is 110 Å².